The van der Waals surface area contributed by atoms with Gasteiger partial charge in [0.1, 0.15) is 17.1 Å². The van der Waals surface area contributed by atoms with E-state index in [1.165, 1.54) is 0 Å². The van der Waals surface area contributed by atoms with Crippen LogP contribution in [0.15, 0.2) is 54.7 Å². The quantitative estimate of drug-likeness (QED) is 0.521. The monoisotopic (exact) mass is 402 g/mol. The summed E-state index contributed by atoms with van der Waals surface area (Å²) in [6.45, 7) is 4.09. The second-order valence-corrected chi connectivity index (χ2v) is 6.71. The summed E-state index contributed by atoms with van der Waals surface area (Å²) in [6.07, 6.45) is -3.82. The second-order valence-electron chi connectivity index (χ2n) is 6.71. The van der Waals surface area contributed by atoms with E-state index >= 15 is 0 Å². The molecule has 0 fully saturated rings. The van der Waals surface area contributed by atoms with Crippen LogP contribution in [-0.2, 0) is 6.18 Å². The van der Waals surface area contributed by atoms with Crippen LogP contribution in [0.4, 0.5) is 36.3 Å². The third-order valence-corrected chi connectivity index (χ3v) is 4.28. The summed E-state index contributed by atoms with van der Waals surface area (Å²) >= 11 is 0. The van der Waals surface area contributed by atoms with Crippen LogP contribution < -0.4 is 15.4 Å². The first-order valence-corrected chi connectivity index (χ1v) is 8.98. The number of aromatic nitrogens is 2. The molecule has 1 heterocycles. The number of hydrogen-bond acceptors (Lipinski definition) is 5. The molecule has 0 saturated carbocycles. The summed E-state index contributed by atoms with van der Waals surface area (Å²) in [4.78, 5) is 7.85. The molecular formula is C21H21F3N4O. The van der Waals surface area contributed by atoms with E-state index in [4.69, 9.17) is 4.74 Å². The van der Waals surface area contributed by atoms with Crippen molar-refractivity contribution in [3.8, 4) is 5.75 Å². The van der Waals surface area contributed by atoms with E-state index in [0.717, 1.165) is 11.8 Å². The lowest BCUT2D eigenvalue weighted by Crippen LogP contribution is -2.12. The maximum Gasteiger partial charge on any atom is 0.421 e. The van der Waals surface area contributed by atoms with Gasteiger partial charge in [-0.1, -0.05) is 26.0 Å². The largest absolute Gasteiger partial charge is 0.497 e. The van der Waals surface area contributed by atoms with Crippen molar-refractivity contribution >= 4 is 23.1 Å². The Labute approximate surface area is 167 Å². The van der Waals surface area contributed by atoms with Crippen molar-refractivity contribution in [3.05, 3.63) is 65.9 Å². The minimum Gasteiger partial charge on any atom is -0.497 e. The van der Waals surface area contributed by atoms with E-state index in [1.54, 1.807) is 43.5 Å². The minimum absolute atomic E-state index is 0.0458. The summed E-state index contributed by atoms with van der Waals surface area (Å²) in [5.41, 5.74) is 1.29. The molecule has 0 spiro atoms. The van der Waals surface area contributed by atoms with Crippen LogP contribution in [0, 0.1) is 0 Å². The summed E-state index contributed by atoms with van der Waals surface area (Å²) in [6, 6.07) is 14.1. The van der Waals surface area contributed by atoms with Gasteiger partial charge in [-0.2, -0.15) is 18.2 Å². The third-order valence-electron chi connectivity index (χ3n) is 4.28. The number of anilines is 4. The molecule has 0 radical (unpaired) electrons. The molecule has 0 unspecified atom stereocenters. The van der Waals surface area contributed by atoms with E-state index in [9.17, 15) is 13.2 Å². The van der Waals surface area contributed by atoms with Gasteiger partial charge in [-0.25, -0.2) is 4.98 Å². The molecule has 0 aliphatic carbocycles. The first kappa shape index (κ1) is 20.4. The van der Waals surface area contributed by atoms with Crippen molar-refractivity contribution in [2.45, 2.75) is 25.9 Å². The van der Waals surface area contributed by atoms with Crippen molar-refractivity contribution in [1.29, 1.82) is 0 Å². The van der Waals surface area contributed by atoms with E-state index < -0.39 is 11.7 Å². The Hall–Kier alpha value is -3.29. The average molecular weight is 402 g/mol. The number of ether oxygens (including phenoxy) is 1. The molecule has 0 atom stereocenters. The van der Waals surface area contributed by atoms with Gasteiger partial charge < -0.3 is 15.4 Å². The Bertz CT molecular complexity index is 955. The summed E-state index contributed by atoms with van der Waals surface area (Å²) in [7, 11) is 1.55. The lowest BCUT2D eigenvalue weighted by molar-refractivity contribution is -0.137. The highest BCUT2D eigenvalue weighted by atomic mass is 19.4. The smallest absolute Gasteiger partial charge is 0.421 e. The van der Waals surface area contributed by atoms with Crippen molar-refractivity contribution in [2.75, 3.05) is 17.7 Å². The number of alkyl halides is 3. The van der Waals surface area contributed by atoms with Crippen LogP contribution in [0.25, 0.3) is 0 Å². The Balaban J connectivity index is 1.89. The normalized spacial score (nSPS) is 11.4. The van der Waals surface area contributed by atoms with Gasteiger partial charge in [0.05, 0.1) is 7.11 Å². The van der Waals surface area contributed by atoms with Crippen molar-refractivity contribution < 1.29 is 17.9 Å². The van der Waals surface area contributed by atoms with Gasteiger partial charge >= 0.3 is 6.18 Å². The van der Waals surface area contributed by atoms with E-state index in [0.29, 0.717) is 23.0 Å². The maximum absolute atomic E-state index is 13.4. The highest BCUT2D eigenvalue weighted by Gasteiger charge is 2.35. The zero-order chi connectivity index (χ0) is 21.0. The third kappa shape index (κ3) is 5.16. The predicted molar refractivity (Wildman–Crippen MR) is 107 cm³/mol. The van der Waals surface area contributed by atoms with E-state index in [-0.39, 0.29) is 11.8 Å². The highest BCUT2D eigenvalue weighted by Crippen LogP contribution is 2.35. The summed E-state index contributed by atoms with van der Waals surface area (Å²) in [5.74, 6) is 0.718. The number of nitrogens with one attached hydrogen (secondary N) is 2. The molecule has 0 aliphatic rings. The fraction of sp³-hybridized carbons (Fsp3) is 0.238. The lowest BCUT2D eigenvalue weighted by atomic mass is 10.0. The number of methoxy groups -OCH3 is 1. The number of nitrogens with zero attached hydrogens (tertiary/aromatic N) is 2. The van der Waals surface area contributed by atoms with Gasteiger partial charge in [0.2, 0.25) is 5.95 Å². The Kier molecular flexibility index (Phi) is 5.91. The Morgan fingerprint density at radius 2 is 1.48 bits per heavy atom. The molecule has 5 nitrogen and oxygen atoms in total. The van der Waals surface area contributed by atoms with Gasteiger partial charge in [0.25, 0.3) is 0 Å². The molecule has 0 amide bonds. The molecule has 3 aromatic rings. The van der Waals surface area contributed by atoms with Crippen LogP contribution in [0.3, 0.4) is 0 Å². The minimum atomic E-state index is -4.58. The van der Waals surface area contributed by atoms with Gasteiger partial charge in [-0.3, -0.25) is 0 Å². The molecular weight excluding hydrogens is 381 g/mol. The second kappa shape index (κ2) is 8.38. The molecule has 8 heteroatoms. The molecule has 2 aromatic carbocycles. The predicted octanol–water partition coefficient (Wildman–Crippen LogP) is 6.11. The van der Waals surface area contributed by atoms with Crippen molar-refractivity contribution in [1.82, 2.24) is 9.97 Å². The molecule has 0 saturated heterocycles. The Morgan fingerprint density at radius 3 is 2.03 bits per heavy atom. The van der Waals surface area contributed by atoms with Gasteiger partial charge in [-0.05, 0) is 47.9 Å². The summed E-state index contributed by atoms with van der Waals surface area (Å²) in [5, 5.41) is 5.66. The molecule has 152 valence electrons. The SMILES string of the molecule is COc1ccc(Nc2ncc(C(F)(F)F)c(Nc3ccc(C(C)C)cc3)n2)cc1. The number of halogens is 3. The fourth-order valence-corrected chi connectivity index (χ4v) is 2.64. The molecule has 29 heavy (non-hydrogen) atoms. The van der Waals surface area contributed by atoms with Crippen LogP contribution in [0.5, 0.6) is 5.75 Å². The zero-order valence-corrected chi connectivity index (χ0v) is 16.2. The van der Waals surface area contributed by atoms with Crippen LogP contribution in [0.1, 0.15) is 30.9 Å². The average Bonchev–Trinajstić information content (AvgIpc) is 2.68. The number of hydrogen-bond donors (Lipinski definition) is 2. The van der Waals surface area contributed by atoms with Gasteiger partial charge in [0, 0.05) is 17.6 Å². The number of rotatable bonds is 6. The highest BCUT2D eigenvalue weighted by molar-refractivity contribution is 5.63. The summed E-state index contributed by atoms with van der Waals surface area (Å²) < 4.78 is 45.3. The van der Waals surface area contributed by atoms with E-state index in [2.05, 4.69) is 20.6 Å². The van der Waals surface area contributed by atoms with Gasteiger partial charge in [0.15, 0.2) is 0 Å². The molecule has 3 rings (SSSR count). The van der Waals surface area contributed by atoms with Crippen molar-refractivity contribution in [3.63, 3.8) is 0 Å². The molecule has 2 N–H and O–H groups in total. The molecule has 0 bridgehead atoms. The van der Waals surface area contributed by atoms with Crippen LogP contribution in [-0.4, -0.2) is 17.1 Å². The standard InChI is InChI=1S/C21H21F3N4O/c1-13(2)14-4-6-15(7-5-14)26-19-18(21(22,23)24)12-25-20(28-19)27-16-8-10-17(29-3)11-9-16/h4-13H,1-3H3,(H2,25,26,27,28). The molecule has 1 aromatic heterocycles. The van der Waals surface area contributed by atoms with Gasteiger partial charge in [-0.15, -0.1) is 0 Å². The fourth-order valence-electron chi connectivity index (χ4n) is 2.64. The molecule has 0 aliphatic heterocycles. The number of benzene rings is 2. The Morgan fingerprint density at radius 1 is 0.897 bits per heavy atom. The topological polar surface area (TPSA) is 59.1 Å². The first-order chi connectivity index (χ1) is 13.8. The zero-order valence-electron chi connectivity index (χ0n) is 16.2. The first-order valence-electron chi connectivity index (χ1n) is 8.98. The van der Waals surface area contributed by atoms with Crippen LogP contribution in [0.2, 0.25) is 0 Å². The van der Waals surface area contributed by atoms with Crippen LogP contribution >= 0.6 is 0 Å². The maximum atomic E-state index is 13.4. The van der Waals surface area contributed by atoms with Crippen molar-refractivity contribution in [2.24, 2.45) is 0 Å². The van der Waals surface area contributed by atoms with E-state index in [1.807, 2.05) is 26.0 Å². The lowest BCUT2D eigenvalue weighted by Gasteiger charge is -2.15.